The summed E-state index contributed by atoms with van der Waals surface area (Å²) < 4.78 is 13.5. The van der Waals surface area contributed by atoms with Gasteiger partial charge in [0.25, 0.3) is 0 Å². The Balaban J connectivity index is 1.55. The van der Waals surface area contributed by atoms with E-state index < -0.39 is 0 Å². The van der Waals surface area contributed by atoms with E-state index in [1.54, 1.807) is 29.3 Å². The number of nitrogens with one attached hydrogen (secondary N) is 1. The van der Waals surface area contributed by atoms with E-state index in [1.807, 2.05) is 27.8 Å². The monoisotopic (exact) mass is 423 g/mol. The van der Waals surface area contributed by atoms with Crippen molar-refractivity contribution < 1.29 is 9.47 Å². The average molecular weight is 424 g/mol. The second-order valence-corrected chi connectivity index (χ2v) is 8.06. The van der Waals surface area contributed by atoms with E-state index >= 15 is 0 Å². The van der Waals surface area contributed by atoms with Gasteiger partial charge in [0, 0.05) is 19.3 Å². The van der Waals surface area contributed by atoms with Gasteiger partial charge in [-0.05, 0) is 46.5 Å². The van der Waals surface area contributed by atoms with Crippen molar-refractivity contribution in [2.45, 2.75) is 65.1 Å². The Morgan fingerprint density at radius 2 is 1.90 bits per heavy atom. The van der Waals surface area contributed by atoms with Gasteiger partial charge in [-0.25, -0.2) is 15.0 Å². The summed E-state index contributed by atoms with van der Waals surface area (Å²) in [5.41, 5.74) is 1.57. The number of rotatable bonds is 7. The van der Waals surface area contributed by atoms with E-state index in [9.17, 15) is 0 Å². The molecule has 3 heterocycles. The number of hydrogen-bond donors (Lipinski definition) is 1. The van der Waals surface area contributed by atoms with Crippen LogP contribution >= 0.6 is 0 Å². The van der Waals surface area contributed by atoms with Crippen molar-refractivity contribution in [2.24, 2.45) is 7.05 Å². The van der Waals surface area contributed by atoms with Crippen LogP contribution in [0.1, 0.15) is 51.6 Å². The van der Waals surface area contributed by atoms with Crippen molar-refractivity contribution in [1.82, 2.24) is 29.7 Å². The fourth-order valence-corrected chi connectivity index (χ4v) is 3.63. The zero-order chi connectivity index (χ0) is 21.8. The number of nitrogens with zero attached hydrogens (tertiary/aromatic N) is 6. The molecule has 0 unspecified atom stereocenters. The van der Waals surface area contributed by atoms with Crippen molar-refractivity contribution in [3.63, 3.8) is 0 Å². The van der Waals surface area contributed by atoms with Crippen molar-refractivity contribution in [3.05, 3.63) is 30.4 Å². The second kappa shape index (κ2) is 9.28. The molecule has 3 aromatic rings. The molecule has 1 saturated carbocycles. The van der Waals surface area contributed by atoms with E-state index in [1.165, 1.54) is 19.3 Å². The Labute approximate surface area is 182 Å². The zero-order valence-corrected chi connectivity index (χ0v) is 18.5. The van der Waals surface area contributed by atoms with Gasteiger partial charge < -0.3 is 14.8 Å². The number of aryl methyl sites for hydroxylation is 2. The molecule has 1 N–H and O–H groups in total. The first-order valence-electron chi connectivity index (χ1n) is 10.8. The first-order chi connectivity index (χ1) is 15.0. The maximum atomic E-state index is 6.16. The molecule has 0 radical (unpaired) electrons. The topological polar surface area (TPSA) is 99.9 Å². The lowest BCUT2D eigenvalue weighted by Gasteiger charge is -2.23. The third kappa shape index (κ3) is 5.10. The van der Waals surface area contributed by atoms with Crippen molar-refractivity contribution in [3.8, 4) is 23.0 Å². The summed E-state index contributed by atoms with van der Waals surface area (Å²) in [6, 6.07) is 1.73. The molecule has 0 aromatic carbocycles. The summed E-state index contributed by atoms with van der Waals surface area (Å²) in [6.45, 7) is 5.86. The Kier molecular flexibility index (Phi) is 6.29. The Bertz CT molecular complexity index is 1030. The van der Waals surface area contributed by atoms with E-state index in [4.69, 9.17) is 9.47 Å². The highest BCUT2D eigenvalue weighted by molar-refractivity contribution is 5.73. The predicted molar refractivity (Wildman–Crippen MR) is 118 cm³/mol. The quantitative estimate of drug-likeness (QED) is 0.603. The third-order valence-electron chi connectivity index (χ3n) is 5.18. The van der Waals surface area contributed by atoms with Crippen LogP contribution in [0.5, 0.6) is 11.6 Å². The minimum absolute atomic E-state index is 0.0285. The Hall–Kier alpha value is -3.23. The van der Waals surface area contributed by atoms with E-state index in [0.29, 0.717) is 23.5 Å². The first-order valence-corrected chi connectivity index (χ1v) is 10.8. The first kappa shape index (κ1) is 21.0. The van der Waals surface area contributed by atoms with E-state index in [2.05, 4.69) is 30.4 Å². The van der Waals surface area contributed by atoms with Crippen LogP contribution in [-0.2, 0) is 7.05 Å². The molecule has 0 saturated heterocycles. The SMILES string of the molecule is Cc1nc(-c2cnn(C)c2Nc2nccc(OC(C)C)n2)ncc1OC1CCCCC1. The number of hydrogen-bond acceptors (Lipinski definition) is 8. The van der Waals surface area contributed by atoms with Gasteiger partial charge in [0.2, 0.25) is 11.8 Å². The molecule has 3 aromatic heterocycles. The summed E-state index contributed by atoms with van der Waals surface area (Å²) in [6.07, 6.45) is 11.4. The van der Waals surface area contributed by atoms with Crippen LogP contribution in [0.3, 0.4) is 0 Å². The lowest BCUT2D eigenvalue weighted by atomic mass is 9.98. The largest absolute Gasteiger partial charge is 0.487 e. The standard InChI is InChI=1S/C22H29N7O2/c1-14(2)30-19-10-11-23-22(27-19)28-21-17(12-25-29(21)4)20-24-13-18(15(3)26-20)31-16-8-6-5-7-9-16/h10-14,16H,5-9H2,1-4H3,(H,23,27,28). The van der Waals surface area contributed by atoms with Gasteiger partial charge in [-0.15, -0.1) is 0 Å². The fourth-order valence-electron chi connectivity index (χ4n) is 3.63. The van der Waals surface area contributed by atoms with Gasteiger partial charge in [-0.3, -0.25) is 4.68 Å². The van der Waals surface area contributed by atoms with Crippen molar-refractivity contribution in [1.29, 1.82) is 0 Å². The van der Waals surface area contributed by atoms with Crippen LogP contribution in [-0.4, -0.2) is 41.9 Å². The molecule has 1 fully saturated rings. The molecule has 164 valence electrons. The molecule has 9 heteroatoms. The van der Waals surface area contributed by atoms with Gasteiger partial charge >= 0.3 is 0 Å². The normalized spacial score (nSPS) is 14.6. The predicted octanol–water partition coefficient (Wildman–Crippen LogP) is 4.22. The molecule has 0 amide bonds. The van der Waals surface area contributed by atoms with Crippen LogP contribution in [0.4, 0.5) is 11.8 Å². The third-order valence-corrected chi connectivity index (χ3v) is 5.18. The molecule has 0 aliphatic heterocycles. The fraction of sp³-hybridized carbons (Fsp3) is 0.500. The van der Waals surface area contributed by atoms with Gasteiger partial charge in [-0.2, -0.15) is 10.1 Å². The molecule has 31 heavy (non-hydrogen) atoms. The van der Waals surface area contributed by atoms with Gasteiger partial charge in [0.05, 0.1) is 35.9 Å². The highest BCUT2D eigenvalue weighted by Gasteiger charge is 2.19. The number of aromatic nitrogens is 6. The highest BCUT2D eigenvalue weighted by atomic mass is 16.5. The minimum Gasteiger partial charge on any atom is -0.487 e. The highest BCUT2D eigenvalue weighted by Crippen LogP contribution is 2.30. The van der Waals surface area contributed by atoms with Crippen LogP contribution in [0, 0.1) is 6.92 Å². The van der Waals surface area contributed by atoms with Crippen LogP contribution < -0.4 is 14.8 Å². The molecule has 0 spiro atoms. The minimum atomic E-state index is 0.0285. The molecule has 9 nitrogen and oxygen atoms in total. The van der Waals surface area contributed by atoms with Crippen LogP contribution in [0.2, 0.25) is 0 Å². The summed E-state index contributed by atoms with van der Waals surface area (Å²) in [5, 5.41) is 7.58. The second-order valence-electron chi connectivity index (χ2n) is 8.06. The van der Waals surface area contributed by atoms with Gasteiger partial charge in [0.15, 0.2) is 11.6 Å². The number of ether oxygens (including phenoxy) is 2. The smallest absolute Gasteiger partial charge is 0.231 e. The summed E-state index contributed by atoms with van der Waals surface area (Å²) in [4.78, 5) is 17.9. The molecular weight excluding hydrogens is 394 g/mol. The molecule has 0 bridgehead atoms. The molecular formula is C22H29N7O2. The van der Waals surface area contributed by atoms with Crippen LogP contribution in [0.15, 0.2) is 24.7 Å². The lowest BCUT2D eigenvalue weighted by molar-refractivity contribution is 0.152. The maximum Gasteiger partial charge on any atom is 0.231 e. The summed E-state index contributed by atoms with van der Waals surface area (Å²) >= 11 is 0. The van der Waals surface area contributed by atoms with Gasteiger partial charge in [0.1, 0.15) is 5.82 Å². The maximum absolute atomic E-state index is 6.16. The van der Waals surface area contributed by atoms with Gasteiger partial charge in [-0.1, -0.05) is 6.42 Å². The number of anilines is 2. The summed E-state index contributed by atoms with van der Waals surface area (Å²) in [7, 11) is 1.84. The van der Waals surface area contributed by atoms with Crippen LogP contribution in [0.25, 0.3) is 11.4 Å². The average Bonchev–Trinajstić information content (AvgIpc) is 3.10. The molecule has 0 atom stereocenters. The zero-order valence-electron chi connectivity index (χ0n) is 18.5. The molecule has 1 aliphatic carbocycles. The van der Waals surface area contributed by atoms with Crippen molar-refractivity contribution in [2.75, 3.05) is 5.32 Å². The van der Waals surface area contributed by atoms with E-state index in [-0.39, 0.29) is 12.2 Å². The Morgan fingerprint density at radius 3 is 2.65 bits per heavy atom. The summed E-state index contributed by atoms with van der Waals surface area (Å²) in [5.74, 6) is 2.93. The van der Waals surface area contributed by atoms with Crippen molar-refractivity contribution >= 4 is 11.8 Å². The molecule has 1 aliphatic rings. The van der Waals surface area contributed by atoms with E-state index in [0.717, 1.165) is 29.8 Å². The lowest BCUT2D eigenvalue weighted by Crippen LogP contribution is -2.20. The Morgan fingerprint density at radius 1 is 1.10 bits per heavy atom. The molecule has 4 rings (SSSR count).